The maximum atomic E-state index is 12.8. The van der Waals surface area contributed by atoms with Crippen LogP contribution in [0.3, 0.4) is 0 Å². The topological polar surface area (TPSA) is 64.7 Å². The van der Waals surface area contributed by atoms with Gasteiger partial charge in [0.15, 0.2) is 0 Å². The van der Waals surface area contributed by atoms with Crippen molar-refractivity contribution in [2.75, 3.05) is 6.54 Å². The smallest absolute Gasteiger partial charge is 0.282 e. The fourth-order valence-corrected chi connectivity index (χ4v) is 2.81. The van der Waals surface area contributed by atoms with Crippen molar-refractivity contribution >= 4 is 17.5 Å². The van der Waals surface area contributed by atoms with Crippen molar-refractivity contribution in [3.63, 3.8) is 0 Å². The van der Waals surface area contributed by atoms with E-state index in [-0.39, 0.29) is 24.1 Å². The van der Waals surface area contributed by atoms with E-state index < -0.39 is 6.43 Å². The van der Waals surface area contributed by atoms with E-state index in [2.05, 4.69) is 15.5 Å². The van der Waals surface area contributed by atoms with E-state index in [0.29, 0.717) is 24.5 Å². The summed E-state index contributed by atoms with van der Waals surface area (Å²) in [7, 11) is 0. The van der Waals surface area contributed by atoms with Crippen molar-refractivity contribution in [1.82, 2.24) is 24.9 Å². The summed E-state index contributed by atoms with van der Waals surface area (Å²) in [4.78, 5) is 12.1. The molecule has 2 aromatic rings. The molecule has 0 saturated heterocycles. The number of amides is 1. The lowest BCUT2D eigenvalue weighted by molar-refractivity contribution is -0.121. The van der Waals surface area contributed by atoms with Crippen molar-refractivity contribution in [3.05, 3.63) is 34.4 Å². The summed E-state index contributed by atoms with van der Waals surface area (Å²) in [6.45, 7) is 2.90. The van der Waals surface area contributed by atoms with E-state index in [0.717, 1.165) is 24.2 Å². The van der Waals surface area contributed by atoms with Crippen molar-refractivity contribution in [3.8, 4) is 0 Å². The molecule has 1 aliphatic carbocycles. The van der Waals surface area contributed by atoms with Gasteiger partial charge in [-0.25, -0.2) is 8.78 Å². The van der Waals surface area contributed by atoms with Crippen LogP contribution in [-0.2, 0) is 17.9 Å². The number of halogens is 3. The second-order valence-electron chi connectivity index (χ2n) is 6.26. The molecule has 0 atom stereocenters. The summed E-state index contributed by atoms with van der Waals surface area (Å²) < 4.78 is 28.8. The number of aromatic nitrogens is 4. The SMILES string of the molecule is Cc1nn(CCCNC(=O)Cn2nc(C(F)F)cc2C2CC2)cc1Cl. The van der Waals surface area contributed by atoms with Crippen LogP contribution in [0.5, 0.6) is 0 Å². The van der Waals surface area contributed by atoms with Gasteiger partial charge in [0.05, 0.1) is 10.7 Å². The first-order valence-electron chi connectivity index (χ1n) is 8.26. The van der Waals surface area contributed by atoms with Crippen LogP contribution in [0.4, 0.5) is 8.78 Å². The van der Waals surface area contributed by atoms with E-state index in [9.17, 15) is 13.6 Å². The normalized spacial score (nSPS) is 14.3. The van der Waals surface area contributed by atoms with Gasteiger partial charge in [-0.1, -0.05) is 11.6 Å². The number of hydrogen-bond acceptors (Lipinski definition) is 3. The van der Waals surface area contributed by atoms with Crippen molar-refractivity contribution in [2.24, 2.45) is 0 Å². The van der Waals surface area contributed by atoms with Gasteiger partial charge in [0, 0.05) is 30.9 Å². The summed E-state index contributed by atoms with van der Waals surface area (Å²) in [5.74, 6) is 0.0149. The molecular formula is C16H20ClF2N5O. The van der Waals surface area contributed by atoms with Gasteiger partial charge in [-0.3, -0.25) is 14.2 Å². The molecule has 0 spiro atoms. The second kappa shape index (κ2) is 7.51. The molecule has 0 radical (unpaired) electrons. The van der Waals surface area contributed by atoms with Crippen molar-refractivity contribution < 1.29 is 13.6 Å². The summed E-state index contributed by atoms with van der Waals surface area (Å²) in [6.07, 6.45) is 1.74. The predicted molar refractivity (Wildman–Crippen MR) is 88.8 cm³/mol. The first-order valence-corrected chi connectivity index (χ1v) is 8.64. The molecule has 1 aliphatic rings. The van der Waals surface area contributed by atoms with E-state index in [4.69, 9.17) is 11.6 Å². The molecule has 1 fully saturated rings. The highest BCUT2D eigenvalue weighted by Gasteiger charge is 2.30. The van der Waals surface area contributed by atoms with Gasteiger partial charge in [-0.15, -0.1) is 0 Å². The molecule has 1 saturated carbocycles. The first kappa shape index (κ1) is 17.8. The van der Waals surface area contributed by atoms with Crippen LogP contribution in [0, 0.1) is 6.92 Å². The fourth-order valence-electron chi connectivity index (χ4n) is 2.66. The predicted octanol–water partition coefficient (Wildman–Crippen LogP) is 3.06. The maximum absolute atomic E-state index is 12.8. The molecule has 0 bridgehead atoms. The molecule has 0 aromatic carbocycles. The number of carbonyl (C=O) groups excluding carboxylic acids is 1. The molecular weight excluding hydrogens is 352 g/mol. The molecule has 25 heavy (non-hydrogen) atoms. The Bertz CT molecular complexity index is 734. The van der Waals surface area contributed by atoms with Crippen LogP contribution in [-0.4, -0.2) is 32.0 Å². The molecule has 0 unspecified atom stereocenters. The van der Waals surface area contributed by atoms with Gasteiger partial charge in [-0.2, -0.15) is 10.2 Å². The lowest BCUT2D eigenvalue weighted by Gasteiger charge is -2.08. The quantitative estimate of drug-likeness (QED) is 0.725. The number of nitrogens with zero attached hydrogens (tertiary/aromatic N) is 4. The van der Waals surface area contributed by atoms with Gasteiger partial charge in [0.25, 0.3) is 6.43 Å². The van der Waals surface area contributed by atoms with E-state index in [1.165, 1.54) is 10.7 Å². The van der Waals surface area contributed by atoms with Crippen LogP contribution in [0.1, 0.15) is 48.7 Å². The molecule has 1 amide bonds. The minimum Gasteiger partial charge on any atom is -0.354 e. The lowest BCUT2D eigenvalue weighted by atomic mass is 10.2. The average Bonchev–Trinajstić information content (AvgIpc) is 3.23. The van der Waals surface area contributed by atoms with Crippen molar-refractivity contribution in [1.29, 1.82) is 0 Å². The molecule has 1 N–H and O–H groups in total. The zero-order valence-corrected chi connectivity index (χ0v) is 14.6. The second-order valence-corrected chi connectivity index (χ2v) is 6.66. The largest absolute Gasteiger partial charge is 0.354 e. The highest BCUT2D eigenvalue weighted by atomic mass is 35.5. The van der Waals surface area contributed by atoms with E-state index in [1.807, 2.05) is 6.92 Å². The minimum atomic E-state index is -2.62. The zero-order valence-electron chi connectivity index (χ0n) is 13.9. The molecule has 0 aliphatic heterocycles. The van der Waals surface area contributed by atoms with Gasteiger partial charge >= 0.3 is 0 Å². The molecule has 2 aromatic heterocycles. The fraction of sp³-hybridized carbons (Fsp3) is 0.562. The van der Waals surface area contributed by atoms with Gasteiger partial charge in [0.1, 0.15) is 12.2 Å². The Kier molecular flexibility index (Phi) is 5.36. The van der Waals surface area contributed by atoms with Crippen LogP contribution >= 0.6 is 11.6 Å². The Morgan fingerprint density at radius 3 is 2.80 bits per heavy atom. The summed E-state index contributed by atoms with van der Waals surface area (Å²) in [5.41, 5.74) is 1.24. The maximum Gasteiger partial charge on any atom is 0.282 e. The Labute approximate surface area is 149 Å². The number of alkyl halides is 2. The molecule has 6 nitrogen and oxygen atoms in total. The Balaban J connectivity index is 1.47. The van der Waals surface area contributed by atoms with E-state index >= 15 is 0 Å². The van der Waals surface area contributed by atoms with Crippen molar-refractivity contribution in [2.45, 2.75) is 51.6 Å². The summed E-state index contributed by atoms with van der Waals surface area (Å²) in [6, 6.07) is 1.42. The minimum absolute atomic E-state index is 0.0364. The highest BCUT2D eigenvalue weighted by molar-refractivity contribution is 6.31. The Morgan fingerprint density at radius 2 is 2.20 bits per heavy atom. The third-order valence-corrected chi connectivity index (χ3v) is 4.49. The van der Waals surface area contributed by atoms with E-state index in [1.54, 1.807) is 10.9 Å². The van der Waals surface area contributed by atoms with Crippen LogP contribution in [0.2, 0.25) is 5.02 Å². The Morgan fingerprint density at radius 1 is 1.44 bits per heavy atom. The van der Waals surface area contributed by atoms with Crippen LogP contribution < -0.4 is 5.32 Å². The summed E-state index contributed by atoms with van der Waals surface area (Å²) in [5, 5.41) is 11.5. The number of aryl methyl sites for hydroxylation is 2. The van der Waals surface area contributed by atoms with Gasteiger partial charge in [0.2, 0.25) is 5.91 Å². The standard InChI is InChI=1S/C16H20ClF2N5O/c1-10-12(17)8-23(21-10)6-2-5-20-15(25)9-24-14(11-3-4-11)7-13(22-24)16(18)19/h7-8,11,16H,2-6,9H2,1H3,(H,20,25). The number of carbonyl (C=O) groups is 1. The molecule has 136 valence electrons. The highest BCUT2D eigenvalue weighted by Crippen LogP contribution is 2.41. The monoisotopic (exact) mass is 371 g/mol. The zero-order chi connectivity index (χ0) is 18.0. The molecule has 9 heteroatoms. The number of nitrogens with one attached hydrogen (secondary N) is 1. The summed E-state index contributed by atoms with van der Waals surface area (Å²) >= 11 is 5.94. The average molecular weight is 372 g/mol. The molecule has 2 heterocycles. The molecule has 3 rings (SSSR count). The third kappa shape index (κ3) is 4.56. The Hall–Kier alpha value is -1.96. The van der Waals surface area contributed by atoms with Gasteiger partial charge in [-0.05, 0) is 32.3 Å². The third-order valence-electron chi connectivity index (χ3n) is 4.12. The van der Waals surface area contributed by atoms with Crippen LogP contribution in [0.25, 0.3) is 0 Å². The van der Waals surface area contributed by atoms with Crippen LogP contribution in [0.15, 0.2) is 12.3 Å². The lowest BCUT2D eigenvalue weighted by Crippen LogP contribution is -2.30. The number of rotatable bonds is 8. The number of hydrogen-bond donors (Lipinski definition) is 1. The van der Waals surface area contributed by atoms with Gasteiger partial charge < -0.3 is 5.32 Å². The first-order chi connectivity index (χ1) is 11.9.